The van der Waals surface area contributed by atoms with Crippen LogP contribution in [-0.2, 0) is 6.42 Å². The van der Waals surface area contributed by atoms with E-state index in [0.717, 1.165) is 23.5 Å². The number of carbonyl (C=O) groups excluding carboxylic acids is 1. The van der Waals surface area contributed by atoms with Crippen molar-refractivity contribution in [3.8, 4) is 17.2 Å². The molecule has 0 aromatic heterocycles. The van der Waals surface area contributed by atoms with Gasteiger partial charge in [0.05, 0.1) is 18.9 Å². The maximum Gasteiger partial charge on any atom is 0.255 e. The van der Waals surface area contributed by atoms with Crippen molar-refractivity contribution in [1.82, 2.24) is 0 Å². The van der Waals surface area contributed by atoms with Gasteiger partial charge in [-0.25, -0.2) is 0 Å². The topological polar surface area (TPSA) is 56.8 Å². The fourth-order valence-electron chi connectivity index (χ4n) is 2.88. The molecule has 3 rings (SSSR count). The van der Waals surface area contributed by atoms with Crippen LogP contribution in [0.15, 0.2) is 36.4 Å². The predicted octanol–water partition coefficient (Wildman–Crippen LogP) is 4.06. The van der Waals surface area contributed by atoms with E-state index in [1.54, 1.807) is 24.3 Å². The first-order valence-corrected chi connectivity index (χ1v) is 8.61. The number of rotatable bonds is 6. The van der Waals surface area contributed by atoms with Gasteiger partial charge in [-0.15, -0.1) is 0 Å². The summed E-state index contributed by atoms with van der Waals surface area (Å²) in [5.74, 6) is 2.01. The lowest BCUT2D eigenvalue weighted by molar-refractivity contribution is 0.102. The second-order valence-corrected chi connectivity index (χ2v) is 5.93. The summed E-state index contributed by atoms with van der Waals surface area (Å²) in [6.07, 6.45) is 0.990. The molecular formula is C20H23NO4. The Balaban J connectivity index is 1.81. The Bertz CT molecular complexity index is 755. The quantitative estimate of drug-likeness (QED) is 0.861. The number of benzene rings is 2. The van der Waals surface area contributed by atoms with Crippen molar-refractivity contribution in [2.45, 2.75) is 33.3 Å². The highest BCUT2D eigenvalue weighted by atomic mass is 16.5. The van der Waals surface area contributed by atoms with Gasteiger partial charge in [-0.2, -0.15) is 0 Å². The molecule has 1 amide bonds. The molecule has 25 heavy (non-hydrogen) atoms. The number of ether oxygens (including phenoxy) is 3. The Hall–Kier alpha value is -2.69. The van der Waals surface area contributed by atoms with E-state index in [2.05, 4.69) is 5.32 Å². The largest absolute Gasteiger partial charge is 0.494 e. The summed E-state index contributed by atoms with van der Waals surface area (Å²) in [7, 11) is 0. The highest BCUT2D eigenvalue weighted by Gasteiger charge is 2.22. The minimum atomic E-state index is -0.199. The van der Waals surface area contributed by atoms with Gasteiger partial charge in [0.2, 0.25) is 0 Å². The van der Waals surface area contributed by atoms with Gasteiger partial charge in [-0.05, 0) is 51.1 Å². The van der Waals surface area contributed by atoms with Crippen LogP contribution in [0.5, 0.6) is 17.2 Å². The van der Waals surface area contributed by atoms with E-state index in [9.17, 15) is 4.79 Å². The average Bonchev–Trinajstić information content (AvgIpc) is 2.95. The van der Waals surface area contributed by atoms with Crippen LogP contribution in [0.4, 0.5) is 5.69 Å². The summed E-state index contributed by atoms with van der Waals surface area (Å²) in [6.45, 7) is 6.99. The minimum Gasteiger partial charge on any atom is -0.494 e. The third kappa shape index (κ3) is 3.87. The van der Waals surface area contributed by atoms with Crippen molar-refractivity contribution in [2.75, 3.05) is 18.5 Å². The molecule has 0 saturated heterocycles. The molecule has 5 heteroatoms. The van der Waals surface area contributed by atoms with Crippen LogP contribution in [0.25, 0.3) is 0 Å². The molecule has 1 aliphatic rings. The zero-order valence-corrected chi connectivity index (χ0v) is 14.8. The van der Waals surface area contributed by atoms with E-state index in [0.29, 0.717) is 30.2 Å². The Morgan fingerprint density at radius 3 is 2.56 bits per heavy atom. The summed E-state index contributed by atoms with van der Waals surface area (Å²) < 4.78 is 16.9. The van der Waals surface area contributed by atoms with Gasteiger partial charge in [0.25, 0.3) is 5.91 Å². The Labute approximate surface area is 147 Å². The fourth-order valence-corrected chi connectivity index (χ4v) is 2.88. The number of hydrogen-bond acceptors (Lipinski definition) is 4. The number of nitrogens with one attached hydrogen (secondary N) is 1. The third-order valence-electron chi connectivity index (χ3n) is 3.97. The van der Waals surface area contributed by atoms with E-state index >= 15 is 0 Å². The zero-order valence-electron chi connectivity index (χ0n) is 14.8. The molecule has 132 valence electrons. The van der Waals surface area contributed by atoms with Crippen molar-refractivity contribution in [2.24, 2.45) is 0 Å². The van der Waals surface area contributed by atoms with Crippen molar-refractivity contribution >= 4 is 11.6 Å². The second kappa shape index (κ2) is 7.47. The second-order valence-electron chi connectivity index (χ2n) is 5.93. The molecule has 0 saturated carbocycles. The molecule has 1 aliphatic heterocycles. The molecule has 1 N–H and O–H groups in total. The molecule has 0 radical (unpaired) electrons. The van der Waals surface area contributed by atoms with Crippen molar-refractivity contribution in [3.63, 3.8) is 0 Å². The molecule has 1 atom stereocenters. The van der Waals surface area contributed by atoms with Gasteiger partial charge in [0, 0.05) is 23.6 Å². The number of fused-ring (bicyclic) bond motifs is 1. The van der Waals surface area contributed by atoms with Crippen LogP contribution >= 0.6 is 0 Å². The lowest BCUT2D eigenvalue weighted by Gasteiger charge is -2.14. The highest BCUT2D eigenvalue weighted by Crippen LogP contribution is 2.38. The van der Waals surface area contributed by atoms with Crippen LogP contribution < -0.4 is 19.5 Å². The van der Waals surface area contributed by atoms with Crippen LogP contribution in [0.2, 0.25) is 0 Å². The summed E-state index contributed by atoms with van der Waals surface area (Å²) in [6, 6.07) is 10.9. The first-order chi connectivity index (χ1) is 12.1. The zero-order chi connectivity index (χ0) is 17.8. The summed E-state index contributed by atoms with van der Waals surface area (Å²) in [5.41, 5.74) is 2.28. The molecular weight excluding hydrogens is 318 g/mol. The van der Waals surface area contributed by atoms with Crippen LogP contribution in [0, 0.1) is 0 Å². The SMILES string of the molecule is CCOc1ccc(C(=O)Nc2cc3c(cc2OCC)C[C@H](C)O3)cc1. The average molecular weight is 341 g/mol. The minimum absolute atomic E-state index is 0.140. The van der Waals surface area contributed by atoms with Gasteiger partial charge in [0.1, 0.15) is 23.4 Å². The van der Waals surface area contributed by atoms with E-state index in [1.165, 1.54) is 0 Å². The lowest BCUT2D eigenvalue weighted by atomic mass is 10.1. The molecule has 2 aromatic carbocycles. The van der Waals surface area contributed by atoms with Crippen molar-refractivity contribution < 1.29 is 19.0 Å². The molecule has 0 unspecified atom stereocenters. The number of anilines is 1. The Morgan fingerprint density at radius 2 is 1.88 bits per heavy atom. The molecule has 5 nitrogen and oxygen atoms in total. The molecule has 1 heterocycles. The normalized spacial score (nSPS) is 15.2. The van der Waals surface area contributed by atoms with E-state index in [-0.39, 0.29) is 12.0 Å². The van der Waals surface area contributed by atoms with Gasteiger partial charge in [-0.3, -0.25) is 4.79 Å². The van der Waals surface area contributed by atoms with Gasteiger partial charge in [0.15, 0.2) is 0 Å². The van der Waals surface area contributed by atoms with Crippen molar-refractivity contribution in [1.29, 1.82) is 0 Å². The lowest BCUT2D eigenvalue weighted by Crippen LogP contribution is -2.13. The van der Waals surface area contributed by atoms with Crippen molar-refractivity contribution in [3.05, 3.63) is 47.5 Å². The van der Waals surface area contributed by atoms with E-state index in [4.69, 9.17) is 14.2 Å². The Kier molecular flexibility index (Phi) is 5.12. The van der Waals surface area contributed by atoms with Gasteiger partial charge < -0.3 is 19.5 Å². The summed E-state index contributed by atoms with van der Waals surface area (Å²) >= 11 is 0. The number of amides is 1. The Morgan fingerprint density at radius 1 is 1.16 bits per heavy atom. The molecule has 0 aliphatic carbocycles. The van der Waals surface area contributed by atoms with E-state index < -0.39 is 0 Å². The highest BCUT2D eigenvalue weighted by molar-refractivity contribution is 6.05. The summed E-state index contributed by atoms with van der Waals surface area (Å²) in [5, 5.41) is 2.92. The van der Waals surface area contributed by atoms with Crippen LogP contribution in [0.1, 0.15) is 36.7 Å². The third-order valence-corrected chi connectivity index (χ3v) is 3.97. The first-order valence-electron chi connectivity index (χ1n) is 8.61. The van der Waals surface area contributed by atoms with Crippen LogP contribution in [-0.4, -0.2) is 25.2 Å². The number of hydrogen-bond donors (Lipinski definition) is 1. The van der Waals surface area contributed by atoms with Crippen LogP contribution in [0.3, 0.4) is 0 Å². The standard InChI is InChI=1S/C20H23NO4/c1-4-23-16-8-6-14(7-9-16)20(22)21-17-12-18-15(10-13(3)25-18)11-19(17)24-5-2/h6-9,11-13H,4-5,10H2,1-3H3,(H,21,22)/t13-/m0/s1. The predicted molar refractivity (Wildman–Crippen MR) is 97.0 cm³/mol. The first kappa shape index (κ1) is 17.1. The van der Waals surface area contributed by atoms with Gasteiger partial charge >= 0.3 is 0 Å². The maximum absolute atomic E-state index is 12.6. The molecule has 0 bridgehead atoms. The maximum atomic E-state index is 12.6. The van der Waals surface area contributed by atoms with E-state index in [1.807, 2.05) is 32.9 Å². The monoisotopic (exact) mass is 341 g/mol. The fraction of sp³-hybridized carbons (Fsp3) is 0.350. The molecule has 2 aromatic rings. The number of carbonyl (C=O) groups is 1. The van der Waals surface area contributed by atoms with Gasteiger partial charge in [-0.1, -0.05) is 0 Å². The molecule has 0 spiro atoms. The smallest absolute Gasteiger partial charge is 0.255 e. The summed E-state index contributed by atoms with van der Waals surface area (Å²) in [4.78, 5) is 12.6. The molecule has 0 fully saturated rings.